The average molecular weight is 1450 g/mol. The molecule has 0 aromatic heterocycles. The van der Waals surface area contributed by atoms with Crippen LogP contribution in [0.1, 0.15) is 355 Å². The molecule has 0 aliphatic rings. The zero-order valence-corrected chi connectivity index (χ0v) is 75.0. The number of carbonyl (C=O) groups is 2. The molecule has 4 unspecified atom stereocenters. The Hall–Kier alpha value is -0.472. The standard InChI is InChI=1S/C83H177N5O6Si4/c1-26-30-34-38-42-46-50-54-60-74(91-95(18,19)80(5,6)7)68-87(69-75(92-96(20,21)81(8,9)10)61-55-51-47-43-39-35-31-27-2)66-58-64-84-78(89)72-86(17)73-79(90)85-65-59-67-88(70-76(93-97(22,23)82(11,12)13)62-56-52-48-44-40-36-32-28-3)71-77(94-98(24,25)83(14,15)16)63-57-53-49-45-41-37-33-29-4/h74-77H,26-73H2,1-25H3,(H,84,89)(H,85,90). The molecule has 4 atom stereocenters. The van der Waals surface area contributed by atoms with E-state index in [2.05, 4.69) is 184 Å². The minimum Gasteiger partial charge on any atom is -0.413 e. The molecule has 0 bridgehead atoms. The van der Waals surface area contributed by atoms with Gasteiger partial charge in [-0.25, -0.2) is 0 Å². The van der Waals surface area contributed by atoms with E-state index in [1.165, 1.54) is 205 Å². The predicted octanol–water partition coefficient (Wildman–Crippen LogP) is 24.2. The largest absolute Gasteiger partial charge is 0.413 e. The first-order chi connectivity index (χ1) is 45.8. The average Bonchev–Trinajstić information content (AvgIpc) is 0.845. The molecule has 586 valence electrons. The molecular weight excluding hydrogens is 1280 g/mol. The number of nitrogens with one attached hydrogen (secondary N) is 2. The van der Waals surface area contributed by atoms with E-state index in [1.54, 1.807) is 0 Å². The predicted molar refractivity (Wildman–Crippen MR) is 443 cm³/mol. The molecule has 0 spiro atoms. The van der Waals surface area contributed by atoms with Crippen molar-refractivity contribution in [2.45, 2.75) is 452 Å². The molecule has 0 heterocycles. The molecule has 0 saturated carbocycles. The number of hydrogen-bond donors (Lipinski definition) is 2. The van der Waals surface area contributed by atoms with Crippen LogP contribution in [0.25, 0.3) is 0 Å². The third-order valence-electron chi connectivity index (χ3n) is 23.2. The second-order valence-electron chi connectivity index (χ2n) is 37.2. The molecule has 15 heteroatoms. The molecule has 98 heavy (non-hydrogen) atoms. The van der Waals surface area contributed by atoms with E-state index in [0.717, 1.165) is 77.8 Å². The second-order valence-corrected chi connectivity index (χ2v) is 56.2. The lowest BCUT2D eigenvalue weighted by molar-refractivity contribution is -0.124. The monoisotopic (exact) mass is 1450 g/mol. The number of rotatable bonds is 64. The van der Waals surface area contributed by atoms with Gasteiger partial charge in [0, 0.05) is 52.4 Å². The molecule has 2 N–H and O–H groups in total. The number of amides is 2. The number of carbonyl (C=O) groups excluding carboxylic acids is 2. The van der Waals surface area contributed by atoms with E-state index in [-0.39, 0.29) is 69.5 Å². The first-order valence-corrected chi connectivity index (χ1v) is 53.8. The van der Waals surface area contributed by atoms with Crippen LogP contribution in [0.5, 0.6) is 0 Å². The Morgan fingerprint density at radius 3 is 0.673 bits per heavy atom. The Balaban J connectivity index is 6.54. The van der Waals surface area contributed by atoms with Crippen molar-refractivity contribution in [3.05, 3.63) is 0 Å². The fourth-order valence-electron chi connectivity index (χ4n) is 12.5. The highest BCUT2D eigenvalue weighted by Gasteiger charge is 2.43. The van der Waals surface area contributed by atoms with Gasteiger partial charge >= 0.3 is 0 Å². The highest BCUT2D eigenvalue weighted by atomic mass is 28.4. The quantitative estimate of drug-likeness (QED) is 0.0455. The number of likely N-dealkylation sites (N-methyl/N-ethyl adjacent to an activating group) is 1. The SMILES string of the molecule is CCCCCCCCCCC(CN(CCCNC(=O)CN(C)CC(=O)NCCCN(CC(CCCCCCCCCC)O[Si](C)(C)C(C)(C)C)CC(CCCCCCCCCC)O[Si](C)(C)C(C)(C)C)CC(CCCCCCCCCC)O[Si](C)(C)C(C)(C)C)O[Si](C)(C)C(C)(C)C. The Morgan fingerprint density at radius 1 is 0.306 bits per heavy atom. The minimum absolute atomic E-state index is 0.0342. The smallest absolute Gasteiger partial charge is 0.234 e. The van der Waals surface area contributed by atoms with Crippen LogP contribution in [0.15, 0.2) is 0 Å². The summed E-state index contributed by atoms with van der Waals surface area (Å²) in [4.78, 5) is 34.7. The van der Waals surface area contributed by atoms with E-state index >= 15 is 0 Å². The fourth-order valence-corrected chi connectivity index (χ4v) is 18.0. The Kier molecular flexibility index (Phi) is 53.1. The lowest BCUT2D eigenvalue weighted by Crippen LogP contribution is -2.50. The van der Waals surface area contributed by atoms with Gasteiger partial charge in [-0.05, 0) is 118 Å². The van der Waals surface area contributed by atoms with Crippen molar-refractivity contribution in [3.8, 4) is 0 Å². The second kappa shape index (κ2) is 53.3. The molecule has 0 radical (unpaired) electrons. The van der Waals surface area contributed by atoms with Crippen LogP contribution in [-0.4, -0.2) is 157 Å². The van der Waals surface area contributed by atoms with Crippen molar-refractivity contribution < 1.29 is 27.3 Å². The van der Waals surface area contributed by atoms with Gasteiger partial charge in [-0.1, -0.05) is 316 Å². The lowest BCUT2D eigenvalue weighted by atomic mass is 10.0. The van der Waals surface area contributed by atoms with Crippen LogP contribution in [0.2, 0.25) is 72.5 Å². The normalized spacial score (nSPS) is 14.7. The molecule has 0 rings (SSSR count). The number of hydrogen-bond acceptors (Lipinski definition) is 9. The Labute approximate surface area is 618 Å². The molecule has 0 aromatic carbocycles. The zero-order chi connectivity index (χ0) is 74.4. The van der Waals surface area contributed by atoms with E-state index in [4.69, 9.17) is 17.7 Å². The summed E-state index contributed by atoms with van der Waals surface area (Å²) in [6.07, 6.45) is 48.5. The lowest BCUT2D eigenvalue weighted by Gasteiger charge is -2.42. The van der Waals surface area contributed by atoms with Gasteiger partial charge in [0.1, 0.15) is 0 Å². The van der Waals surface area contributed by atoms with E-state index in [9.17, 15) is 9.59 Å². The van der Waals surface area contributed by atoms with E-state index < -0.39 is 33.3 Å². The van der Waals surface area contributed by atoms with E-state index in [1.807, 2.05) is 11.9 Å². The maximum atomic E-state index is 13.8. The molecule has 0 fully saturated rings. The topological polar surface area (TPSA) is 105 Å². The van der Waals surface area contributed by atoms with Gasteiger partial charge in [0.2, 0.25) is 11.8 Å². The Morgan fingerprint density at radius 2 is 0.490 bits per heavy atom. The van der Waals surface area contributed by atoms with Crippen molar-refractivity contribution in [1.82, 2.24) is 25.3 Å². The molecule has 0 aliphatic carbocycles. The van der Waals surface area contributed by atoms with Crippen molar-refractivity contribution in [2.75, 3.05) is 72.5 Å². The van der Waals surface area contributed by atoms with Gasteiger partial charge in [0.15, 0.2) is 33.3 Å². The summed E-state index contributed by atoms with van der Waals surface area (Å²) in [7, 11) is -6.38. The summed E-state index contributed by atoms with van der Waals surface area (Å²) in [6.45, 7) is 63.9. The van der Waals surface area contributed by atoms with Gasteiger partial charge in [-0.2, -0.15) is 0 Å². The zero-order valence-electron chi connectivity index (χ0n) is 71.0. The molecule has 2 amide bonds. The van der Waals surface area contributed by atoms with Gasteiger partial charge in [0.25, 0.3) is 0 Å². The van der Waals surface area contributed by atoms with Gasteiger partial charge in [-0.15, -0.1) is 0 Å². The summed E-state index contributed by atoms with van der Waals surface area (Å²) < 4.78 is 29.7. The van der Waals surface area contributed by atoms with Crippen LogP contribution in [0, 0.1) is 0 Å². The third-order valence-corrected chi connectivity index (χ3v) is 41.3. The maximum absolute atomic E-state index is 13.8. The molecule has 11 nitrogen and oxygen atoms in total. The first kappa shape index (κ1) is 97.5. The van der Waals surface area contributed by atoms with E-state index in [0.29, 0.717) is 13.1 Å². The highest BCUT2D eigenvalue weighted by molar-refractivity contribution is 6.75. The summed E-state index contributed by atoms with van der Waals surface area (Å²) in [5, 5.41) is 7.05. The summed E-state index contributed by atoms with van der Waals surface area (Å²) in [5.74, 6) is -0.0684. The van der Waals surface area contributed by atoms with Crippen molar-refractivity contribution in [3.63, 3.8) is 0 Å². The molecule has 0 saturated heterocycles. The Bertz CT molecular complexity index is 1690. The van der Waals surface area contributed by atoms with Gasteiger partial charge in [0.05, 0.1) is 37.5 Å². The number of unbranched alkanes of at least 4 members (excludes halogenated alkanes) is 28. The van der Waals surface area contributed by atoms with Gasteiger partial charge in [-0.3, -0.25) is 24.3 Å². The van der Waals surface area contributed by atoms with Crippen LogP contribution in [0.4, 0.5) is 0 Å². The summed E-state index contributed by atoms with van der Waals surface area (Å²) in [6, 6.07) is 0. The first-order valence-electron chi connectivity index (χ1n) is 42.2. The fraction of sp³-hybridized carbons (Fsp3) is 0.976. The van der Waals surface area contributed by atoms with Crippen LogP contribution >= 0.6 is 0 Å². The summed E-state index contributed by atoms with van der Waals surface area (Å²) >= 11 is 0. The van der Waals surface area contributed by atoms with Crippen LogP contribution < -0.4 is 10.6 Å². The minimum atomic E-state index is -2.07. The van der Waals surface area contributed by atoms with Crippen LogP contribution in [-0.2, 0) is 27.3 Å². The molecular formula is C83H177N5O6Si4. The number of nitrogens with zero attached hydrogens (tertiary/aromatic N) is 3. The van der Waals surface area contributed by atoms with Gasteiger partial charge < -0.3 is 28.3 Å². The van der Waals surface area contributed by atoms with Crippen molar-refractivity contribution >= 4 is 45.1 Å². The van der Waals surface area contributed by atoms with Crippen molar-refractivity contribution in [1.29, 1.82) is 0 Å². The third kappa shape index (κ3) is 47.9. The summed E-state index contributed by atoms with van der Waals surface area (Å²) in [5.41, 5.74) is 0. The highest BCUT2D eigenvalue weighted by Crippen LogP contribution is 2.42. The molecule has 0 aromatic rings. The van der Waals surface area contributed by atoms with Crippen molar-refractivity contribution in [2.24, 2.45) is 0 Å². The van der Waals surface area contributed by atoms with Crippen LogP contribution in [0.3, 0.4) is 0 Å². The molecule has 0 aliphatic heterocycles. The maximum Gasteiger partial charge on any atom is 0.234 e.